The van der Waals surface area contributed by atoms with Gasteiger partial charge in [-0.1, -0.05) is 17.7 Å². The van der Waals surface area contributed by atoms with Crippen LogP contribution in [0.1, 0.15) is 12.0 Å². The fourth-order valence-corrected chi connectivity index (χ4v) is 1.58. The van der Waals surface area contributed by atoms with Crippen molar-refractivity contribution in [2.24, 2.45) is 0 Å². The van der Waals surface area contributed by atoms with Gasteiger partial charge in [0, 0.05) is 30.4 Å². The summed E-state index contributed by atoms with van der Waals surface area (Å²) in [5.74, 6) is 0. The molecule has 1 aliphatic rings. The molecular formula is C12H12N2. The Morgan fingerprint density at radius 1 is 1.29 bits per heavy atom. The van der Waals surface area contributed by atoms with Crippen LogP contribution < -0.4 is 4.90 Å². The normalized spacial score (nSPS) is 15.1. The third kappa shape index (κ3) is 1.62. The molecule has 2 heteroatoms. The van der Waals surface area contributed by atoms with Crippen LogP contribution in [0.4, 0.5) is 5.69 Å². The smallest absolute Gasteiger partial charge is 0.0963 e. The van der Waals surface area contributed by atoms with E-state index >= 15 is 0 Å². The highest BCUT2D eigenvalue weighted by Crippen LogP contribution is 2.22. The molecule has 0 unspecified atom stereocenters. The summed E-state index contributed by atoms with van der Waals surface area (Å²) in [5.41, 5.74) is 3.30. The highest BCUT2D eigenvalue weighted by atomic mass is 15.1. The van der Waals surface area contributed by atoms with E-state index in [2.05, 4.69) is 42.2 Å². The van der Waals surface area contributed by atoms with Crippen molar-refractivity contribution in [1.29, 1.82) is 5.26 Å². The molecule has 0 atom stereocenters. The average molecular weight is 184 g/mol. The molecule has 0 saturated heterocycles. The fourth-order valence-electron chi connectivity index (χ4n) is 1.58. The van der Waals surface area contributed by atoms with Gasteiger partial charge in [0.25, 0.3) is 0 Å². The molecule has 0 N–H and O–H groups in total. The lowest BCUT2D eigenvalue weighted by Gasteiger charge is -2.14. The van der Waals surface area contributed by atoms with Crippen LogP contribution in [0, 0.1) is 18.3 Å². The number of nitrogens with zero attached hydrogens (tertiary/aromatic N) is 2. The first-order valence-corrected chi connectivity index (χ1v) is 4.74. The fraction of sp³-hybridized carbons (Fsp3) is 0.250. The summed E-state index contributed by atoms with van der Waals surface area (Å²) in [6, 6.07) is 10.6. The van der Waals surface area contributed by atoms with E-state index in [0.29, 0.717) is 0 Å². The van der Waals surface area contributed by atoms with E-state index in [1.807, 2.05) is 6.20 Å². The molecule has 14 heavy (non-hydrogen) atoms. The Bertz CT molecular complexity index is 395. The lowest BCUT2D eigenvalue weighted by molar-refractivity contribution is 0.988. The third-order valence-electron chi connectivity index (χ3n) is 2.44. The Labute approximate surface area is 84.1 Å². The molecule has 0 radical (unpaired) electrons. The second kappa shape index (κ2) is 3.55. The van der Waals surface area contributed by atoms with Crippen molar-refractivity contribution >= 4 is 5.69 Å². The standard InChI is InChI=1S/C12H12N2/c1-10-2-4-12(5-3-10)14-7-6-11(8-13)9-14/h2-5,9H,6-7H2,1H3. The molecule has 1 aliphatic heterocycles. The van der Waals surface area contributed by atoms with Crippen LogP contribution in [0.15, 0.2) is 36.0 Å². The first-order valence-electron chi connectivity index (χ1n) is 4.74. The first-order chi connectivity index (χ1) is 6.79. The van der Waals surface area contributed by atoms with E-state index < -0.39 is 0 Å². The molecular weight excluding hydrogens is 172 g/mol. The van der Waals surface area contributed by atoms with Gasteiger partial charge < -0.3 is 4.90 Å². The Balaban J connectivity index is 2.22. The average Bonchev–Trinajstić information content (AvgIpc) is 2.67. The molecule has 1 heterocycles. The van der Waals surface area contributed by atoms with E-state index in [-0.39, 0.29) is 0 Å². The van der Waals surface area contributed by atoms with Crippen LogP contribution >= 0.6 is 0 Å². The highest BCUT2D eigenvalue weighted by molar-refractivity contribution is 5.53. The molecule has 0 spiro atoms. The number of aryl methyl sites for hydroxylation is 1. The van der Waals surface area contributed by atoms with Crippen LogP contribution in [0.2, 0.25) is 0 Å². The van der Waals surface area contributed by atoms with Gasteiger partial charge in [0.1, 0.15) is 0 Å². The summed E-state index contributed by atoms with van der Waals surface area (Å²) in [6.45, 7) is 3.00. The summed E-state index contributed by atoms with van der Waals surface area (Å²) in [5, 5.41) is 8.73. The number of anilines is 1. The zero-order valence-corrected chi connectivity index (χ0v) is 8.20. The van der Waals surface area contributed by atoms with Gasteiger partial charge in [0.05, 0.1) is 6.07 Å². The van der Waals surface area contributed by atoms with Crippen molar-refractivity contribution in [2.45, 2.75) is 13.3 Å². The number of rotatable bonds is 1. The first kappa shape index (κ1) is 8.83. The number of benzene rings is 1. The van der Waals surface area contributed by atoms with Gasteiger partial charge in [-0.15, -0.1) is 0 Å². The lowest BCUT2D eigenvalue weighted by Crippen LogP contribution is -2.11. The minimum Gasteiger partial charge on any atom is -0.347 e. The van der Waals surface area contributed by atoms with Crippen molar-refractivity contribution in [3.63, 3.8) is 0 Å². The molecule has 2 nitrogen and oxygen atoms in total. The minimum atomic E-state index is 0.865. The van der Waals surface area contributed by atoms with Crippen molar-refractivity contribution in [3.8, 4) is 6.07 Å². The zero-order chi connectivity index (χ0) is 9.97. The lowest BCUT2D eigenvalue weighted by atomic mass is 10.2. The van der Waals surface area contributed by atoms with Crippen molar-refractivity contribution in [3.05, 3.63) is 41.6 Å². The molecule has 0 fully saturated rings. The molecule has 70 valence electrons. The van der Waals surface area contributed by atoms with E-state index in [9.17, 15) is 0 Å². The predicted molar refractivity (Wildman–Crippen MR) is 56.8 cm³/mol. The van der Waals surface area contributed by atoms with Gasteiger partial charge in [-0.3, -0.25) is 0 Å². The monoisotopic (exact) mass is 184 g/mol. The maximum Gasteiger partial charge on any atom is 0.0963 e. The molecule has 0 aliphatic carbocycles. The van der Waals surface area contributed by atoms with Crippen LogP contribution in [0.3, 0.4) is 0 Å². The Morgan fingerprint density at radius 3 is 2.57 bits per heavy atom. The maximum atomic E-state index is 8.73. The predicted octanol–water partition coefficient (Wildman–Crippen LogP) is 2.61. The Morgan fingerprint density at radius 2 is 2.00 bits per heavy atom. The van der Waals surface area contributed by atoms with E-state index in [0.717, 1.165) is 18.5 Å². The Kier molecular flexibility index (Phi) is 2.24. The topological polar surface area (TPSA) is 27.0 Å². The molecule has 2 rings (SSSR count). The summed E-state index contributed by atoms with van der Waals surface area (Å²) in [4.78, 5) is 2.12. The highest BCUT2D eigenvalue weighted by Gasteiger charge is 2.12. The van der Waals surface area contributed by atoms with E-state index in [1.165, 1.54) is 11.3 Å². The third-order valence-corrected chi connectivity index (χ3v) is 2.44. The van der Waals surface area contributed by atoms with Gasteiger partial charge in [-0.05, 0) is 19.1 Å². The molecule has 0 aromatic heterocycles. The van der Waals surface area contributed by atoms with Crippen molar-refractivity contribution in [1.82, 2.24) is 0 Å². The number of hydrogen-bond donors (Lipinski definition) is 0. The summed E-state index contributed by atoms with van der Waals surface area (Å²) in [7, 11) is 0. The summed E-state index contributed by atoms with van der Waals surface area (Å²) in [6.07, 6.45) is 2.80. The van der Waals surface area contributed by atoms with Gasteiger partial charge in [0.15, 0.2) is 0 Å². The maximum absolute atomic E-state index is 8.73. The van der Waals surface area contributed by atoms with Crippen molar-refractivity contribution in [2.75, 3.05) is 11.4 Å². The van der Waals surface area contributed by atoms with Crippen LogP contribution in [0.5, 0.6) is 0 Å². The molecule has 0 saturated carbocycles. The van der Waals surface area contributed by atoms with Crippen LogP contribution in [0.25, 0.3) is 0 Å². The zero-order valence-electron chi connectivity index (χ0n) is 8.20. The molecule has 1 aromatic carbocycles. The van der Waals surface area contributed by atoms with Gasteiger partial charge in [0.2, 0.25) is 0 Å². The quantitative estimate of drug-likeness (QED) is 0.670. The molecule has 1 aromatic rings. The Hall–Kier alpha value is -1.75. The van der Waals surface area contributed by atoms with Crippen LogP contribution in [-0.4, -0.2) is 6.54 Å². The second-order valence-electron chi connectivity index (χ2n) is 3.55. The van der Waals surface area contributed by atoms with E-state index in [1.54, 1.807) is 0 Å². The van der Waals surface area contributed by atoms with Gasteiger partial charge in [-0.25, -0.2) is 0 Å². The summed E-state index contributed by atoms with van der Waals surface area (Å²) < 4.78 is 0. The van der Waals surface area contributed by atoms with E-state index in [4.69, 9.17) is 5.26 Å². The SMILES string of the molecule is Cc1ccc(N2C=C(C#N)CC2)cc1. The summed E-state index contributed by atoms with van der Waals surface area (Å²) >= 11 is 0. The van der Waals surface area contributed by atoms with Crippen molar-refractivity contribution < 1.29 is 0 Å². The number of nitriles is 1. The number of hydrogen-bond acceptors (Lipinski definition) is 2. The molecule has 0 bridgehead atoms. The van der Waals surface area contributed by atoms with Gasteiger partial charge >= 0.3 is 0 Å². The minimum absolute atomic E-state index is 0.865. The second-order valence-corrected chi connectivity index (χ2v) is 3.55. The van der Waals surface area contributed by atoms with Crippen LogP contribution in [-0.2, 0) is 0 Å². The van der Waals surface area contributed by atoms with Gasteiger partial charge in [-0.2, -0.15) is 5.26 Å². The largest absolute Gasteiger partial charge is 0.347 e. The molecule has 0 amide bonds.